The van der Waals surface area contributed by atoms with Crippen molar-refractivity contribution in [2.45, 2.75) is 38.3 Å². The van der Waals surface area contributed by atoms with Crippen LogP contribution in [0.25, 0.3) is 0 Å². The third kappa shape index (κ3) is 4.05. The summed E-state index contributed by atoms with van der Waals surface area (Å²) in [4.78, 5) is 12.5. The van der Waals surface area contributed by atoms with Crippen LogP contribution in [0.5, 0.6) is 0 Å². The number of ether oxygens (including phenoxy) is 2. The van der Waals surface area contributed by atoms with Gasteiger partial charge in [0.25, 0.3) is 0 Å². The molecule has 1 aliphatic carbocycles. The Morgan fingerprint density at radius 1 is 1.33 bits per heavy atom. The van der Waals surface area contributed by atoms with E-state index in [0.29, 0.717) is 25.2 Å². The van der Waals surface area contributed by atoms with Crippen molar-refractivity contribution in [2.24, 2.45) is 5.92 Å². The summed E-state index contributed by atoms with van der Waals surface area (Å²) in [5.74, 6) is 0.140. The SMILES string of the molecule is COC(=O)C(COCC(C)C)(NC1CC1)c1ccccc1. The molecule has 0 heterocycles. The Hall–Kier alpha value is -1.39. The lowest BCUT2D eigenvalue weighted by Gasteiger charge is -2.33. The molecule has 4 heteroatoms. The number of rotatable bonds is 8. The average molecular weight is 291 g/mol. The van der Waals surface area contributed by atoms with Crippen molar-refractivity contribution in [2.75, 3.05) is 20.3 Å². The number of carbonyl (C=O) groups excluding carboxylic acids is 1. The van der Waals surface area contributed by atoms with E-state index in [-0.39, 0.29) is 5.97 Å². The summed E-state index contributed by atoms with van der Waals surface area (Å²) in [6, 6.07) is 10.1. The molecular formula is C17H25NO3. The molecule has 1 saturated carbocycles. The van der Waals surface area contributed by atoms with Crippen molar-refractivity contribution in [1.82, 2.24) is 5.32 Å². The third-order valence-electron chi connectivity index (χ3n) is 3.60. The van der Waals surface area contributed by atoms with Gasteiger partial charge in [0.05, 0.1) is 13.7 Å². The highest BCUT2D eigenvalue weighted by atomic mass is 16.5. The van der Waals surface area contributed by atoms with Gasteiger partial charge < -0.3 is 9.47 Å². The number of carbonyl (C=O) groups is 1. The standard InChI is InChI=1S/C17H25NO3/c1-13(2)11-21-12-17(16(19)20-3,18-15-9-10-15)14-7-5-4-6-8-14/h4-8,13,15,18H,9-12H2,1-3H3. The maximum Gasteiger partial charge on any atom is 0.333 e. The molecule has 4 nitrogen and oxygen atoms in total. The molecule has 0 aliphatic heterocycles. The second-order valence-corrected chi connectivity index (χ2v) is 6.09. The fourth-order valence-electron chi connectivity index (χ4n) is 2.36. The van der Waals surface area contributed by atoms with Gasteiger partial charge in [-0.2, -0.15) is 0 Å². The zero-order valence-electron chi connectivity index (χ0n) is 13.1. The number of benzene rings is 1. The maximum absolute atomic E-state index is 12.5. The van der Waals surface area contributed by atoms with Crippen LogP contribution in [-0.2, 0) is 19.8 Å². The van der Waals surface area contributed by atoms with Gasteiger partial charge in [-0.1, -0.05) is 44.2 Å². The van der Waals surface area contributed by atoms with Gasteiger partial charge in [-0.15, -0.1) is 0 Å². The second kappa shape index (κ2) is 7.05. The van der Waals surface area contributed by atoms with Gasteiger partial charge in [-0.05, 0) is 24.3 Å². The topological polar surface area (TPSA) is 47.6 Å². The molecule has 0 bridgehead atoms. The Balaban J connectivity index is 2.26. The zero-order chi connectivity index (χ0) is 15.3. The minimum Gasteiger partial charge on any atom is -0.467 e. The quantitative estimate of drug-likeness (QED) is 0.748. The average Bonchev–Trinajstić information content (AvgIpc) is 3.29. The number of methoxy groups -OCH3 is 1. The van der Waals surface area contributed by atoms with Gasteiger partial charge >= 0.3 is 5.97 Å². The van der Waals surface area contributed by atoms with E-state index in [2.05, 4.69) is 19.2 Å². The van der Waals surface area contributed by atoms with Crippen LogP contribution in [0.15, 0.2) is 30.3 Å². The van der Waals surface area contributed by atoms with Crippen LogP contribution >= 0.6 is 0 Å². The van der Waals surface area contributed by atoms with Crippen molar-refractivity contribution in [3.8, 4) is 0 Å². The van der Waals surface area contributed by atoms with Gasteiger partial charge in [0.2, 0.25) is 0 Å². The maximum atomic E-state index is 12.5. The van der Waals surface area contributed by atoms with Crippen LogP contribution in [0, 0.1) is 5.92 Å². The summed E-state index contributed by atoms with van der Waals surface area (Å²) in [5, 5.41) is 3.45. The van der Waals surface area contributed by atoms with Crippen LogP contribution < -0.4 is 5.32 Å². The van der Waals surface area contributed by atoms with Gasteiger partial charge in [-0.25, -0.2) is 4.79 Å². The summed E-state index contributed by atoms with van der Waals surface area (Å²) in [6.07, 6.45) is 2.19. The van der Waals surface area contributed by atoms with Crippen molar-refractivity contribution >= 4 is 5.97 Å². The Morgan fingerprint density at radius 3 is 2.52 bits per heavy atom. The van der Waals surface area contributed by atoms with Crippen LogP contribution in [0.3, 0.4) is 0 Å². The van der Waals surface area contributed by atoms with Crippen molar-refractivity contribution in [3.05, 3.63) is 35.9 Å². The van der Waals surface area contributed by atoms with Gasteiger partial charge in [0.1, 0.15) is 0 Å². The summed E-state index contributed by atoms with van der Waals surface area (Å²) < 4.78 is 10.9. The van der Waals surface area contributed by atoms with E-state index in [0.717, 1.165) is 18.4 Å². The molecule has 1 atom stereocenters. The molecule has 1 aromatic rings. The lowest BCUT2D eigenvalue weighted by Crippen LogP contribution is -2.54. The van der Waals surface area contributed by atoms with Crippen LogP contribution in [0.1, 0.15) is 32.3 Å². The summed E-state index contributed by atoms with van der Waals surface area (Å²) in [5.41, 5.74) is -0.0148. The third-order valence-corrected chi connectivity index (χ3v) is 3.60. The fraction of sp³-hybridized carbons (Fsp3) is 0.588. The Morgan fingerprint density at radius 2 is 2.00 bits per heavy atom. The molecule has 1 aromatic carbocycles. The smallest absolute Gasteiger partial charge is 0.333 e. The molecule has 1 aliphatic rings. The summed E-state index contributed by atoms with van der Waals surface area (Å²) in [7, 11) is 1.43. The van der Waals surface area contributed by atoms with E-state index in [9.17, 15) is 4.79 Å². The molecule has 2 rings (SSSR count). The van der Waals surface area contributed by atoms with Crippen molar-refractivity contribution in [1.29, 1.82) is 0 Å². The predicted octanol–water partition coefficient (Wildman–Crippen LogP) is 2.48. The predicted molar refractivity (Wildman–Crippen MR) is 82.0 cm³/mol. The minimum atomic E-state index is -0.911. The van der Waals surface area contributed by atoms with E-state index in [1.807, 2.05) is 30.3 Å². The number of hydrogen-bond acceptors (Lipinski definition) is 4. The van der Waals surface area contributed by atoms with E-state index >= 15 is 0 Å². The Labute approximate surface area is 126 Å². The lowest BCUT2D eigenvalue weighted by molar-refractivity contribution is -0.152. The molecule has 0 aromatic heterocycles. The molecule has 116 valence electrons. The van der Waals surface area contributed by atoms with Gasteiger partial charge in [0.15, 0.2) is 5.54 Å². The van der Waals surface area contributed by atoms with E-state index in [1.54, 1.807) is 0 Å². The fourth-order valence-corrected chi connectivity index (χ4v) is 2.36. The first-order valence-electron chi connectivity index (χ1n) is 7.58. The molecule has 0 amide bonds. The Bertz CT molecular complexity index is 456. The highest BCUT2D eigenvalue weighted by Crippen LogP contribution is 2.30. The van der Waals surface area contributed by atoms with Crippen LogP contribution in [0.4, 0.5) is 0 Å². The Kier molecular flexibility index (Phi) is 5.37. The van der Waals surface area contributed by atoms with Crippen molar-refractivity contribution in [3.63, 3.8) is 0 Å². The molecule has 0 radical (unpaired) electrons. The van der Waals surface area contributed by atoms with E-state index in [1.165, 1.54) is 7.11 Å². The number of esters is 1. The summed E-state index contributed by atoms with van der Waals surface area (Å²) >= 11 is 0. The molecular weight excluding hydrogens is 266 g/mol. The molecule has 1 unspecified atom stereocenters. The normalized spacial score (nSPS) is 17.5. The minimum absolute atomic E-state index is 0.288. The largest absolute Gasteiger partial charge is 0.467 e. The second-order valence-electron chi connectivity index (χ2n) is 6.09. The van der Waals surface area contributed by atoms with E-state index < -0.39 is 5.54 Å². The first-order chi connectivity index (χ1) is 10.1. The van der Waals surface area contributed by atoms with Gasteiger partial charge in [-0.3, -0.25) is 5.32 Å². The highest BCUT2D eigenvalue weighted by molar-refractivity contribution is 5.83. The number of hydrogen-bond donors (Lipinski definition) is 1. The van der Waals surface area contributed by atoms with Crippen LogP contribution in [0.2, 0.25) is 0 Å². The monoisotopic (exact) mass is 291 g/mol. The van der Waals surface area contributed by atoms with Gasteiger partial charge in [0, 0.05) is 12.6 Å². The van der Waals surface area contributed by atoms with Crippen molar-refractivity contribution < 1.29 is 14.3 Å². The highest BCUT2D eigenvalue weighted by Gasteiger charge is 2.45. The lowest BCUT2D eigenvalue weighted by atomic mass is 9.90. The first kappa shape index (κ1) is 16.0. The molecule has 21 heavy (non-hydrogen) atoms. The molecule has 1 fully saturated rings. The molecule has 0 saturated heterocycles. The molecule has 0 spiro atoms. The molecule has 1 N–H and O–H groups in total. The van der Waals surface area contributed by atoms with Crippen LogP contribution in [-0.4, -0.2) is 32.3 Å². The first-order valence-corrected chi connectivity index (χ1v) is 7.58. The van der Waals surface area contributed by atoms with E-state index in [4.69, 9.17) is 9.47 Å². The zero-order valence-corrected chi connectivity index (χ0v) is 13.1. The number of nitrogens with one attached hydrogen (secondary N) is 1. The summed E-state index contributed by atoms with van der Waals surface area (Å²) in [6.45, 7) is 5.10.